The van der Waals surface area contributed by atoms with Crippen LogP contribution in [-0.4, -0.2) is 84.2 Å². The van der Waals surface area contributed by atoms with Crippen molar-refractivity contribution >= 4 is 39.8 Å². The third kappa shape index (κ3) is 9.44. The lowest BCUT2D eigenvalue weighted by Crippen LogP contribution is -2.57. The Morgan fingerprint density at radius 1 is 1.13 bits per heavy atom. The van der Waals surface area contributed by atoms with E-state index in [1.54, 1.807) is 32.9 Å². The SMILES string of the molecule is C=CCCCCCC(OC(=O)NC(C)(C)C)C(=O)N1C[C@H](OC(=O)C2NCc3c(F)cccc32)C[C@H]1C(=O)N[C@]1(C(=O)NS(=O)(=O)C2CC2)C[C@H]1C=C. The average molecular weight is 760 g/mol. The van der Waals surface area contributed by atoms with Crippen LogP contribution in [0.25, 0.3) is 0 Å². The van der Waals surface area contributed by atoms with E-state index in [1.165, 1.54) is 23.1 Å². The second-order valence-electron chi connectivity index (χ2n) is 15.3. The summed E-state index contributed by atoms with van der Waals surface area (Å²) in [6, 6.07) is 2.12. The van der Waals surface area contributed by atoms with Gasteiger partial charge in [-0.05, 0) is 77.3 Å². The normalized spacial score (nSPS) is 25.4. The van der Waals surface area contributed by atoms with Crippen LogP contribution in [0.15, 0.2) is 43.5 Å². The van der Waals surface area contributed by atoms with Crippen molar-refractivity contribution in [1.29, 1.82) is 0 Å². The first kappa shape index (κ1) is 39.9. The molecular weight excluding hydrogens is 709 g/mol. The van der Waals surface area contributed by atoms with Crippen LogP contribution in [0.3, 0.4) is 0 Å². The Hall–Kier alpha value is -4.31. The van der Waals surface area contributed by atoms with Gasteiger partial charge in [-0.3, -0.25) is 24.4 Å². The number of allylic oxidation sites excluding steroid dienone is 1. The van der Waals surface area contributed by atoms with Gasteiger partial charge in [-0.15, -0.1) is 13.2 Å². The number of likely N-dealkylation sites (tertiary alicyclic amines) is 1. The van der Waals surface area contributed by atoms with E-state index in [1.807, 2.05) is 0 Å². The molecule has 14 nitrogen and oxygen atoms in total. The van der Waals surface area contributed by atoms with Crippen molar-refractivity contribution in [2.45, 2.75) is 126 Å². The molecule has 2 unspecified atom stereocenters. The Morgan fingerprint density at radius 3 is 2.51 bits per heavy atom. The van der Waals surface area contributed by atoms with E-state index in [9.17, 15) is 36.8 Å². The number of esters is 1. The summed E-state index contributed by atoms with van der Waals surface area (Å²) in [5, 5.41) is 7.65. The molecule has 290 valence electrons. The topological polar surface area (TPSA) is 189 Å². The molecule has 3 fully saturated rings. The molecule has 1 aromatic rings. The van der Waals surface area contributed by atoms with Gasteiger partial charge in [-0.2, -0.15) is 0 Å². The van der Waals surface area contributed by atoms with Gasteiger partial charge in [0.2, 0.25) is 15.9 Å². The zero-order chi connectivity index (χ0) is 38.7. The molecule has 0 bridgehead atoms. The highest BCUT2D eigenvalue weighted by molar-refractivity contribution is 7.91. The number of ether oxygens (including phenoxy) is 2. The zero-order valence-corrected chi connectivity index (χ0v) is 31.3. The fourth-order valence-corrected chi connectivity index (χ4v) is 8.22. The fraction of sp³-hybridized carbons (Fsp3) is 0.595. The Bertz CT molecular complexity index is 1740. The first-order valence-corrected chi connectivity index (χ1v) is 19.7. The van der Waals surface area contributed by atoms with Crippen LogP contribution in [0, 0.1) is 11.7 Å². The minimum Gasteiger partial charge on any atom is -0.459 e. The summed E-state index contributed by atoms with van der Waals surface area (Å²) in [6.07, 6.45) is 3.78. The molecule has 53 heavy (non-hydrogen) atoms. The van der Waals surface area contributed by atoms with Gasteiger partial charge in [0, 0.05) is 30.0 Å². The van der Waals surface area contributed by atoms with Crippen LogP contribution < -0.4 is 20.7 Å². The molecule has 1 aromatic carbocycles. The van der Waals surface area contributed by atoms with Gasteiger partial charge in [0.25, 0.3) is 11.8 Å². The number of hydrogen-bond acceptors (Lipinski definition) is 10. The fourth-order valence-electron chi connectivity index (χ4n) is 6.86. The second kappa shape index (κ2) is 16.0. The van der Waals surface area contributed by atoms with E-state index in [-0.39, 0.29) is 32.4 Å². The number of rotatable bonds is 16. The van der Waals surface area contributed by atoms with E-state index < -0.39 is 92.2 Å². The quantitative estimate of drug-likeness (QED) is 0.111. The van der Waals surface area contributed by atoms with Crippen LogP contribution >= 0.6 is 0 Å². The largest absolute Gasteiger partial charge is 0.459 e. The predicted molar refractivity (Wildman–Crippen MR) is 192 cm³/mol. The molecule has 16 heteroatoms. The van der Waals surface area contributed by atoms with Crippen molar-refractivity contribution in [1.82, 2.24) is 25.6 Å². The molecule has 5 rings (SSSR count). The van der Waals surface area contributed by atoms with E-state index in [4.69, 9.17) is 9.47 Å². The van der Waals surface area contributed by atoms with Crippen molar-refractivity contribution in [3.05, 3.63) is 60.5 Å². The number of nitrogens with one attached hydrogen (secondary N) is 4. The minimum absolute atomic E-state index is 0.0834. The molecular formula is C37H50FN5O9S. The van der Waals surface area contributed by atoms with Gasteiger partial charge < -0.3 is 25.0 Å². The summed E-state index contributed by atoms with van der Waals surface area (Å²) in [7, 11) is -3.94. The molecule has 2 aliphatic heterocycles. The number of nitrogens with zero attached hydrogens (tertiary/aromatic N) is 1. The van der Waals surface area contributed by atoms with Crippen LogP contribution in [-0.2, 0) is 45.2 Å². The highest BCUT2D eigenvalue weighted by Crippen LogP contribution is 2.45. The molecule has 0 aromatic heterocycles. The number of carbonyl (C=O) groups excluding carboxylic acids is 5. The summed E-state index contributed by atoms with van der Waals surface area (Å²) in [4.78, 5) is 69.5. The molecule has 0 spiro atoms. The van der Waals surface area contributed by atoms with Crippen LogP contribution in [0.5, 0.6) is 0 Å². The maximum atomic E-state index is 14.4. The molecule has 2 saturated carbocycles. The van der Waals surface area contributed by atoms with Gasteiger partial charge in [0.15, 0.2) is 6.10 Å². The predicted octanol–water partition coefficient (Wildman–Crippen LogP) is 3.18. The summed E-state index contributed by atoms with van der Waals surface area (Å²) >= 11 is 0. The Labute approximate surface area is 309 Å². The number of alkyl carbamates (subject to hydrolysis) is 1. The number of halogens is 1. The number of hydrogen-bond donors (Lipinski definition) is 4. The highest BCUT2D eigenvalue weighted by atomic mass is 32.2. The minimum atomic E-state index is -3.94. The van der Waals surface area contributed by atoms with E-state index in [2.05, 4.69) is 33.8 Å². The van der Waals surface area contributed by atoms with Gasteiger partial charge in [-0.1, -0.05) is 30.7 Å². The Kier molecular flexibility index (Phi) is 12.0. The lowest BCUT2D eigenvalue weighted by atomic mass is 10.0. The number of fused-ring (bicyclic) bond motifs is 1. The third-order valence-corrected chi connectivity index (χ3v) is 11.8. The number of amides is 4. The lowest BCUT2D eigenvalue weighted by Gasteiger charge is -2.30. The number of carbonyl (C=O) groups is 5. The first-order chi connectivity index (χ1) is 25.0. The van der Waals surface area contributed by atoms with Gasteiger partial charge in [-0.25, -0.2) is 22.4 Å². The maximum absolute atomic E-state index is 14.4. The van der Waals surface area contributed by atoms with Crippen LogP contribution in [0.1, 0.15) is 95.7 Å². The maximum Gasteiger partial charge on any atom is 0.408 e. The van der Waals surface area contributed by atoms with Crippen molar-refractivity contribution in [2.75, 3.05) is 6.54 Å². The van der Waals surface area contributed by atoms with E-state index >= 15 is 0 Å². The van der Waals surface area contributed by atoms with Crippen molar-refractivity contribution in [3.8, 4) is 0 Å². The van der Waals surface area contributed by atoms with Crippen molar-refractivity contribution < 1.29 is 46.3 Å². The summed E-state index contributed by atoms with van der Waals surface area (Å²) in [5.74, 6) is -4.17. The molecule has 2 aliphatic carbocycles. The van der Waals surface area contributed by atoms with Gasteiger partial charge >= 0.3 is 12.1 Å². The van der Waals surface area contributed by atoms with Crippen LogP contribution in [0.4, 0.5) is 9.18 Å². The second-order valence-corrected chi connectivity index (χ2v) is 17.3. The third-order valence-electron chi connectivity index (χ3n) is 9.94. The first-order valence-electron chi connectivity index (χ1n) is 18.1. The number of benzene rings is 1. The standard InChI is InChI=1S/C37H50FN5O9S/c1-6-8-9-10-11-15-29(52-35(48)41-36(3,4)5)32(45)43-21-23(51-33(46)30-25-13-12-14-27(38)26(25)20-39-30)18-28(43)31(44)40-37(19-22(37)7-2)34(47)42-53(49,50)24-16-17-24/h6-7,12-14,22-24,28-30,39H,1-2,8-11,15-21H2,3-5H3,(H,40,44)(H,41,48)(H,42,47)/t22-,23-,28+,29?,30?,37-/m1/s1. The molecule has 4 aliphatic rings. The summed E-state index contributed by atoms with van der Waals surface area (Å²) < 4.78 is 53.3. The average Bonchev–Trinajstić information content (AvgIpc) is 3.97. The van der Waals surface area contributed by atoms with Gasteiger partial charge in [0.05, 0.1) is 11.8 Å². The van der Waals surface area contributed by atoms with Crippen LogP contribution in [0.2, 0.25) is 0 Å². The molecule has 0 radical (unpaired) electrons. The smallest absolute Gasteiger partial charge is 0.408 e. The van der Waals surface area contributed by atoms with Crippen molar-refractivity contribution in [2.24, 2.45) is 5.92 Å². The van der Waals surface area contributed by atoms with E-state index in [0.717, 1.165) is 12.8 Å². The molecule has 2 heterocycles. The van der Waals surface area contributed by atoms with Gasteiger partial charge in [0.1, 0.15) is 29.5 Å². The monoisotopic (exact) mass is 759 g/mol. The number of unbranched alkanes of at least 4 members (excludes halogenated alkanes) is 3. The Balaban J connectivity index is 1.38. The number of sulfonamides is 1. The lowest BCUT2D eigenvalue weighted by molar-refractivity contribution is -0.152. The molecule has 1 saturated heterocycles. The summed E-state index contributed by atoms with van der Waals surface area (Å²) in [5.41, 5.74) is -1.54. The van der Waals surface area contributed by atoms with Crippen molar-refractivity contribution in [3.63, 3.8) is 0 Å². The Morgan fingerprint density at radius 2 is 1.87 bits per heavy atom. The highest BCUT2D eigenvalue weighted by Gasteiger charge is 2.62. The van der Waals surface area contributed by atoms with E-state index in [0.29, 0.717) is 36.8 Å². The zero-order valence-electron chi connectivity index (χ0n) is 30.5. The molecule has 4 N–H and O–H groups in total. The molecule has 6 atom stereocenters. The summed E-state index contributed by atoms with van der Waals surface area (Å²) in [6.45, 7) is 12.6. The molecule has 4 amide bonds.